The van der Waals surface area contributed by atoms with Gasteiger partial charge in [0.2, 0.25) is 17.2 Å². The van der Waals surface area contributed by atoms with Crippen molar-refractivity contribution in [2.45, 2.75) is 13.5 Å². The van der Waals surface area contributed by atoms with Crippen LogP contribution in [-0.4, -0.2) is 25.6 Å². The number of fused-ring (bicyclic) bond motifs is 1. The summed E-state index contributed by atoms with van der Waals surface area (Å²) < 4.78 is 33.8. The smallest absolute Gasteiger partial charge is 0.263 e. The minimum absolute atomic E-state index is 0.0447. The molecule has 0 atom stereocenters. The normalized spacial score (nSPS) is 11.1. The fourth-order valence-electron chi connectivity index (χ4n) is 3.66. The molecule has 0 radical (unpaired) electrons. The maximum absolute atomic E-state index is 13.5. The Morgan fingerprint density at radius 2 is 1.78 bits per heavy atom. The molecule has 0 unspecified atom stereocenters. The lowest BCUT2D eigenvalue weighted by atomic mass is 10.1. The van der Waals surface area contributed by atoms with Crippen molar-refractivity contribution < 1.29 is 18.1 Å². The average molecular weight is 508 g/mol. The molecule has 1 N–H and O–H groups in total. The minimum atomic E-state index is -0.827. The van der Waals surface area contributed by atoms with Crippen molar-refractivity contribution in [3.63, 3.8) is 0 Å². The number of aromatic nitrogens is 4. The maximum Gasteiger partial charge on any atom is 0.263 e. The molecule has 0 fully saturated rings. The molecule has 8 nitrogen and oxygen atoms in total. The van der Waals surface area contributed by atoms with Gasteiger partial charge in [-0.1, -0.05) is 16.8 Å². The highest BCUT2D eigenvalue weighted by atomic mass is 35.5. The van der Waals surface area contributed by atoms with Crippen LogP contribution in [-0.2, 0) is 11.3 Å². The second-order valence-electron chi connectivity index (χ2n) is 7.96. The van der Waals surface area contributed by atoms with Gasteiger partial charge in [0.25, 0.3) is 5.89 Å². The number of pyridine rings is 2. The first-order valence-electron chi connectivity index (χ1n) is 10.6. The van der Waals surface area contributed by atoms with Gasteiger partial charge in [-0.3, -0.25) is 9.59 Å². The Hall–Kier alpha value is -4.44. The van der Waals surface area contributed by atoms with Crippen LogP contribution in [0.4, 0.5) is 14.5 Å². The summed E-state index contributed by atoms with van der Waals surface area (Å²) in [6.45, 7) is 1.44. The van der Waals surface area contributed by atoms with Crippen LogP contribution >= 0.6 is 11.6 Å². The Morgan fingerprint density at radius 1 is 1.06 bits per heavy atom. The highest BCUT2D eigenvalue weighted by Crippen LogP contribution is 2.23. The molecule has 0 bridgehead atoms. The van der Waals surface area contributed by atoms with Crippen LogP contribution in [0.15, 0.2) is 70.1 Å². The molecule has 0 aliphatic carbocycles. The van der Waals surface area contributed by atoms with E-state index in [2.05, 4.69) is 20.4 Å². The number of nitrogens with zero attached hydrogens (tertiary/aromatic N) is 4. The quantitative estimate of drug-likeness (QED) is 0.359. The summed E-state index contributed by atoms with van der Waals surface area (Å²) in [7, 11) is 0. The van der Waals surface area contributed by atoms with Crippen molar-refractivity contribution in [3.05, 3.63) is 93.4 Å². The number of anilines is 1. The van der Waals surface area contributed by atoms with Crippen molar-refractivity contribution in [2.75, 3.05) is 5.32 Å². The minimum Gasteiger partial charge on any atom is -0.333 e. The number of carbonyl (C=O) groups excluding carboxylic acids is 1. The van der Waals surface area contributed by atoms with E-state index in [-0.39, 0.29) is 40.5 Å². The first kappa shape index (κ1) is 23.3. The van der Waals surface area contributed by atoms with Crippen molar-refractivity contribution in [3.8, 4) is 22.8 Å². The maximum atomic E-state index is 13.5. The third kappa shape index (κ3) is 4.71. The van der Waals surface area contributed by atoms with Crippen LogP contribution in [0.5, 0.6) is 0 Å². The predicted molar refractivity (Wildman–Crippen MR) is 129 cm³/mol. The SMILES string of the molecule is Cc1ccc2c(=O)c(-c3nc(-c4ccc(Cl)cc4)no3)cn(CC(=O)Nc3cc(F)cc(F)c3)c2n1. The van der Waals surface area contributed by atoms with E-state index < -0.39 is 23.0 Å². The van der Waals surface area contributed by atoms with Crippen molar-refractivity contribution >= 4 is 34.2 Å². The number of hydrogen-bond acceptors (Lipinski definition) is 6. The number of nitrogens with one attached hydrogen (secondary N) is 1. The zero-order valence-corrected chi connectivity index (χ0v) is 19.4. The fourth-order valence-corrected chi connectivity index (χ4v) is 3.79. The van der Waals surface area contributed by atoms with E-state index >= 15 is 0 Å². The molecule has 3 aromatic heterocycles. The monoisotopic (exact) mass is 507 g/mol. The van der Waals surface area contributed by atoms with Crippen LogP contribution in [0.25, 0.3) is 33.9 Å². The van der Waals surface area contributed by atoms with E-state index in [4.69, 9.17) is 16.1 Å². The number of rotatable bonds is 5. The molecule has 0 aliphatic heterocycles. The Morgan fingerprint density at radius 3 is 2.50 bits per heavy atom. The summed E-state index contributed by atoms with van der Waals surface area (Å²) in [5, 5.41) is 7.17. The van der Waals surface area contributed by atoms with Gasteiger partial charge in [-0.15, -0.1) is 0 Å². The first-order chi connectivity index (χ1) is 17.3. The highest BCUT2D eigenvalue weighted by molar-refractivity contribution is 6.30. The zero-order valence-electron chi connectivity index (χ0n) is 18.6. The molecule has 5 aromatic rings. The largest absolute Gasteiger partial charge is 0.333 e. The molecular formula is C25H16ClF2N5O3. The van der Waals surface area contributed by atoms with Crippen LogP contribution < -0.4 is 10.7 Å². The molecule has 0 saturated heterocycles. The highest BCUT2D eigenvalue weighted by Gasteiger charge is 2.19. The van der Waals surface area contributed by atoms with E-state index in [1.807, 2.05) is 0 Å². The zero-order chi connectivity index (χ0) is 25.4. The Kier molecular flexibility index (Phi) is 6.03. The summed E-state index contributed by atoms with van der Waals surface area (Å²) >= 11 is 5.93. The lowest BCUT2D eigenvalue weighted by Gasteiger charge is -2.12. The number of carbonyl (C=O) groups is 1. The van der Waals surface area contributed by atoms with Gasteiger partial charge in [0.15, 0.2) is 0 Å². The number of amides is 1. The Balaban J connectivity index is 1.54. The standard InChI is InChI=1S/C25H16ClF2N5O3/c1-13-2-7-19-22(35)20(25-31-23(32-36-25)14-3-5-15(26)6-4-14)11-33(24(19)29-13)12-21(34)30-18-9-16(27)8-17(28)10-18/h2-11H,12H2,1H3,(H,30,34). The number of hydrogen-bond donors (Lipinski definition) is 1. The van der Waals surface area contributed by atoms with Crippen LogP contribution in [0.1, 0.15) is 5.69 Å². The topological polar surface area (TPSA) is 103 Å². The Labute approximate surface area is 207 Å². The fraction of sp³-hybridized carbons (Fsp3) is 0.0800. The number of halogens is 3. The number of benzene rings is 2. The summed E-state index contributed by atoms with van der Waals surface area (Å²) in [4.78, 5) is 34.7. The summed E-state index contributed by atoms with van der Waals surface area (Å²) in [5.74, 6) is -2.04. The molecule has 5 rings (SSSR count). The third-order valence-electron chi connectivity index (χ3n) is 5.28. The van der Waals surface area contributed by atoms with E-state index in [9.17, 15) is 18.4 Å². The molecule has 1 amide bonds. The average Bonchev–Trinajstić information content (AvgIpc) is 3.30. The number of aryl methyl sites for hydroxylation is 1. The van der Waals surface area contributed by atoms with Crippen LogP contribution in [0.2, 0.25) is 5.02 Å². The lowest BCUT2D eigenvalue weighted by molar-refractivity contribution is -0.116. The van der Waals surface area contributed by atoms with Crippen molar-refractivity contribution in [1.29, 1.82) is 0 Å². The van der Waals surface area contributed by atoms with Gasteiger partial charge in [0, 0.05) is 34.2 Å². The second kappa shape index (κ2) is 9.31. The van der Waals surface area contributed by atoms with Gasteiger partial charge < -0.3 is 14.4 Å². The molecule has 3 heterocycles. The van der Waals surface area contributed by atoms with Crippen LogP contribution in [0.3, 0.4) is 0 Å². The van der Waals surface area contributed by atoms with E-state index in [0.717, 1.165) is 12.1 Å². The van der Waals surface area contributed by atoms with E-state index in [1.54, 1.807) is 43.3 Å². The first-order valence-corrected chi connectivity index (χ1v) is 11.0. The second-order valence-corrected chi connectivity index (χ2v) is 8.40. The van der Waals surface area contributed by atoms with Gasteiger partial charge in [-0.25, -0.2) is 13.8 Å². The summed E-state index contributed by atoms with van der Waals surface area (Å²) in [6.07, 6.45) is 1.39. The van der Waals surface area contributed by atoms with Crippen LogP contribution in [0, 0.1) is 18.6 Å². The van der Waals surface area contributed by atoms with Crippen molar-refractivity contribution in [2.24, 2.45) is 0 Å². The Bertz CT molecular complexity index is 1660. The van der Waals surface area contributed by atoms with E-state index in [1.165, 1.54) is 10.8 Å². The lowest BCUT2D eigenvalue weighted by Crippen LogP contribution is -2.22. The van der Waals surface area contributed by atoms with E-state index in [0.29, 0.717) is 22.3 Å². The predicted octanol–water partition coefficient (Wildman–Crippen LogP) is 4.99. The molecule has 36 heavy (non-hydrogen) atoms. The van der Waals surface area contributed by atoms with Gasteiger partial charge in [0.1, 0.15) is 29.4 Å². The molecule has 180 valence electrons. The third-order valence-corrected chi connectivity index (χ3v) is 5.53. The molecule has 0 saturated carbocycles. The van der Waals surface area contributed by atoms with Gasteiger partial charge in [0.05, 0.1) is 5.39 Å². The summed E-state index contributed by atoms with van der Waals surface area (Å²) in [6, 6.07) is 12.7. The summed E-state index contributed by atoms with van der Waals surface area (Å²) in [5.41, 5.74) is 1.12. The van der Waals surface area contributed by atoms with Gasteiger partial charge in [-0.2, -0.15) is 4.98 Å². The molecule has 0 aliphatic rings. The molecule has 11 heteroatoms. The van der Waals surface area contributed by atoms with Gasteiger partial charge in [-0.05, 0) is 55.5 Å². The van der Waals surface area contributed by atoms with Crippen molar-refractivity contribution in [1.82, 2.24) is 19.7 Å². The van der Waals surface area contributed by atoms with Gasteiger partial charge >= 0.3 is 0 Å². The molecule has 0 spiro atoms. The molecule has 2 aromatic carbocycles. The molecular weight excluding hydrogens is 492 g/mol.